The highest BCUT2D eigenvalue weighted by Crippen LogP contribution is 2.33. The van der Waals surface area contributed by atoms with Crippen LogP contribution in [0.25, 0.3) is 0 Å². The van der Waals surface area contributed by atoms with Gasteiger partial charge in [0, 0.05) is 0 Å². The zero-order chi connectivity index (χ0) is 11.8. The fraction of sp³-hybridized carbons (Fsp3) is 0.222. The molecule has 0 amide bonds. The molecular weight excluding hydrogens is 233 g/mol. The lowest BCUT2D eigenvalue weighted by molar-refractivity contribution is -0.137. The normalized spacial score (nSPS) is 11.5. The maximum atomic E-state index is 12.3. The van der Waals surface area contributed by atoms with Gasteiger partial charge in [0.25, 0.3) is 0 Å². The minimum Gasteiger partial charge on any atom is -0.478 e. The number of carboxylic acid groups (broad SMARTS) is 1. The molecule has 82 valence electrons. The fourth-order valence-electron chi connectivity index (χ4n) is 1.09. The fourth-order valence-corrected chi connectivity index (χ4v) is 1.28. The number of hydrogen-bond donors (Lipinski definition) is 1. The molecule has 2 nitrogen and oxygen atoms in total. The predicted molar refractivity (Wildman–Crippen MR) is 48.2 cm³/mol. The molecule has 0 radical (unpaired) electrons. The first-order valence-electron chi connectivity index (χ1n) is 3.84. The summed E-state index contributed by atoms with van der Waals surface area (Å²) in [5, 5.41) is 8.46. The third-order valence-corrected chi connectivity index (χ3v) is 2.31. The second kappa shape index (κ2) is 3.73. The van der Waals surface area contributed by atoms with Crippen molar-refractivity contribution in [3.8, 4) is 0 Å². The van der Waals surface area contributed by atoms with Crippen LogP contribution in [0.3, 0.4) is 0 Å². The molecule has 15 heavy (non-hydrogen) atoms. The molecule has 0 bridgehead atoms. The molecule has 0 saturated heterocycles. The molecule has 1 rings (SSSR count). The molecule has 0 saturated carbocycles. The molecule has 1 aromatic carbocycles. The van der Waals surface area contributed by atoms with Crippen LogP contribution in [-0.2, 0) is 6.18 Å². The van der Waals surface area contributed by atoms with Crippen molar-refractivity contribution in [2.45, 2.75) is 13.1 Å². The average molecular weight is 239 g/mol. The molecule has 0 aliphatic heterocycles. The molecule has 0 aromatic heterocycles. The number of hydrogen-bond acceptors (Lipinski definition) is 1. The second-order valence-electron chi connectivity index (χ2n) is 2.96. The molecule has 0 unspecified atom stereocenters. The van der Waals surface area contributed by atoms with Crippen LogP contribution in [0.4, 0.5) is 13.2 Å². The van der Waals surface area contributed by atoms with E-state index in [1.165, 1.54) is 6.92 Å². The Morgan fingerprint density at radius 1 is 1.40 bits per heavy atom. The highest BCUT2D eigenvalue weighted by molar-refractivity contribution is 6.34. The quantitative estimate of drug-likeness (QED) is 0.815. The number of alkyl halides is 3. The number of rotatable bonds is 1. The summed E-state index contributed by atoms with van der Waals surface area (Å²) in [4.78, 5) is 10.6. The van der Waals surface area contributed by atoms with Gasteiger partial charge in [-0.2, -0.15) is 13.2 Å². The van der Waals surface area contributed by atoms with Crippen molar-refractivity contribution >= 4 is 17.6 Å². The third-order valence-electron chi connectivity index (χ3n) is 1.81. The van der Waals surface area contributed by atoms with Crippen LogP contribution < -0.4 is 0 Å². The van der Waals surface area contributed by atoms with E-state index in [1.54, 1.807) is 0 Å². The van der Waals surface area contributed by atoms with Gasteiger partial charge in [-0.05, 0) is 24.6 Å². The van der Waals surface area contributed by atoms with Crippen molar-refractivity contribution in [2.75, 3.05) is 0 Å². The third kappa shape index (κ3) is 2.41. The molecule has 0 atom stereocenters. The Morgan fingerprint density at radius 3 is 2.33 bits per heavy atom. The first kappa shape index (κ1) is 11.8. The van der Waals surface area contributed by atoms with Crippen molar-refractivity contribution in [3.05, 3.63) is 33.8 Å². The largest absolute Gasteiger partial charge is 0.478 e. The summed E-state index contributed by atoms with van der Waals surface area (Å²) in [6, 6.07) is 1.34. The summed E-state index contributed by atoms with van der Waals surface area (Å²) in [7, 11) is 0. The van der Waals surface area contributed by atoms with E-state index >= 15 is 0 Å². The van der Waals surface area contributed by atoms with E-state index in [0.717, 1.165) is 6.07 Å². The molecule has 0 spiro atoms. The van der Waals surface area contributed by atoms with Gasteiger partial charge in [0.1, 0.15) is 0 Å². The molecular formula is C9H6ClF3O2. The summed E-state index contributed by atoms with van der Waals surface area (Å²) in [5.41, 5.74) is -1.46. The Hall–Kier alpha value is -1.23. The summed E-state index contributed by atoms with van der Waals surface area (Å²) in [6.45, 7) is 1.32. The molecule has 0 fully saturated rings. The van der Waals surface area contributed by atoms with Crippen LogP contribution in [0, 0.1) is 6.92 Å². The second-order valence-corrected chi connectivity index (χ2v) is 3.34. The van der Waals surface area contributed by atoms with Crippen molar-refractivity contribution in [3.63, 3.8) is 0 Å². The monoisotopic (exact) mass is 238 g/mol. The van der Waals surface area contributed by atoms with Crippen molar-refractivity contribution in [2.24, 2.45) is 0 Å². The molecule has 6 heteroatoms. The van der Waals surface area contributed by atoms with Crippen LogP contribution >= 0.6 is 11.6 Å². The molecule has 0 aliphatic rings. The number of carbonyl (C=O) groups is 1. The molecule has 1 N–H and O–H groups in total. The van der Waals surface area contributed by atoms with E-state index in [2.05, 4.69) is 0 Å². The lowest BCUT2D eigenvalue weighted by Gasteiger charge is -2.10. The van der Waals surface area contributed by atoms with Crippen LogP contribution in [0.15, 0.2) is 12.1 Å². The summed E-state index contributed by atoms with van der Waals surface area (Å²) in [6.07, 6.45) is -4.57. The maximum Gasteiger partial charge on any atom is 0.416 e. The van der Waals surface area contributed by atoms with E-state index in [0.29, 0.717) is 6.07 Å². The van der Waals surface area contributed by atoms with Crippen LogP contribution in [0.2, 0.25) is 5.02 Å². The van der Waals surface area contributed by atoms with Crippen LogP contribution in [0.5, 0.6) is 0 Å². The van der Waals surface area contributed by atoms with Gasteiger partial charge in [-0.25, -0.2) is 4.79 Å². The smallest absolute Gasteiger partial charge is 0.416 e. The van der Waals surface area contributed by atoms with E-state index in [1.807, 2.05) is 0 Å². The van der Waals surface area contributed by atoms with E-state index in [4.69, 9.17) is 16.7 Å². The van der Waals surface area contributed by atoms with E-state index in [9.17, 15) is 18.0 Å². The lowest BCUT2D eigenvalue weighted by Crippen LogP contribution is -2.09. The van der Waals surface area contributed by atoms with Gasteiger partial charge in [0.2, 0.25) is 0 Å². The number of aryl methyl sites for hydroxylation is 1. The zero-order valence-electron chi connectivity index (χ0n) is 7.52. The summed E-state index contributed by atoms with van der Waals surface area (Å²) < 4.78 is 36.9. The Bertz CT molecular complexity index is 413. The Kier molecular flexibility index (Phi) is 2.95. The summed E-state index contributed by atoms with van der Waals surface area (Å²) in [5.74, 6) is -1.48. The topological polar surface area (TPSA) is 37.3 Å². The number of halogens is 4. The van der Waals surface area contributed by atoms with Gasteiger partial charge in [0.15, 0.2) is 0 Å². The van der Waals surface area contributed by atoms with Gasteiger partial charge in [-0.15, -0.1) is 0 Å². The highest BCUT2D eigenvalue weighted by atomic mass is 35.5. The standard InChI is InChI=1S/C9H6ClF3O2/c1-4-2-5(9(11,12)13)3-6(7(4)10)8(14)15/h2-3H,1H3,(H,14,15). The molecule has 0 heterocycles. The first-order chi connectivity index (χ1) is 6.73. The average Bonchev–Trinajstić information content (AvgIpc) is 2.06. The minimum atomic E-state index is -4.57. The van der Waals surface area contributed by atoms with Crippen LogP contribution in [-0.4, -0.2) is 11.1 Å². The van der Waals surface area contributed by atoms with Gasteiger partial charge < -0.3 is 5.11 Å². The zero-order valence-corrected chi connectivity index (χ0v) is 8.28. The van der Waals surface area contributed by atoms with Gasteiger partial charge in [0.05, 0.1) is 16.1 Å². The van der Waals surface area contributed by atoms with E-state index in [-0.39, 0.29) is 10.6 Å². The highest BCUT2D eigenvalue weighted by Gasteiger charge is 2.32. The summed E-state index contributed by atoms with van der Waals surface area (Å²) >= 11 is 5.56. The van der Waals surface area contributed by atoms with Gasteiger partial charge >= 0.3 is 12.1 Å². The van der Waals surface area contributed by atoms with Crippen LogP contribution in [0.1, 0.15) is 21.5 Å². The maximum absolute atomic E-state index is 12.3. The number of aromatic carboxylic acids is 1. The SMILES string of the molecule is Cc1cc(C(F)(F)F)cc(C(=O)O)c1Cl. The molecule has 0 aliphatic carbocycles. The van der Waals surface area contributed by atoms with Gasteiger partial charge in [-0.3, -0.25) is 0 Å². The number of benzene rings is 1. The first-order valence-corrected chi connectivity index (χ1v) is 4.22. The Balaban J connectivity index is 3.43. The van der Waals surface area contributed by atoms with Crippen molar-refractivity contribution in [1.29, 1.82) is 0 Å². The predicted octanol–water partition coefficient (Wildman–Crippen LogP) is 3.37. The molecule has 1 aromatic rings. The van der Waals surface area contributed by atoms with Crippen molar-refractivity contribution < 1.29 is 23.1 Å². The number of carboxylic acids is 1. The Labute approximate surface area is 88.3 Å². The van der Waals surface area contributed by atoms with Crippen molar-refractivity contribution in [1.82, 2.24) is 0 Å². The lowest BCUT2D eigenvalue weighted by atomic mass is 10.1. The van der Waals surface area contributed by atoms with E-state index < -0.39 is 23.3 Å². The minimum absolute atomic E-state index is 0.0869. The van der Waals surface area contributed by atoms with Gasteiger partial charge in [-0.1, -0.05) is 11.6 Å². The Morgan fingerprint density at radius 2 is 1.93 bits per heavy atom.